The third kappa shape index (κ3) is 3.61. The SMILES string of the molecule is CCCN(Cc1ccccc1N)C(=O)c1sc(C)nc1C. The maximum atomic E-state index is 12.7. The van der Waals surface area contributed by atoms with Gasteiger partial charge in [0.1, 0.15) is 4.88 Å². The van der Waals surface area contributed by atoms with Crippen LogP contribution in [0.2, 0.25) is 0 Å². The summed E-state index contributed by atoms with van der Waals surface area (Å²) < 4.78 is 0. The van der Waals surface area contributed by atoms with Gasteiger partial charge in [-0.2, -0.15) is 0 Å². The van der Waals surface area contributed by atoms with Gasteiger partial charge >= 0.3 is 0 Å². The Bertz CT molecular complexity index is 636. The highest BCUT2D eigenvalue weighted by atomic mass is 32.1. The number of nitrogens with zero attached hydrogens (tertiary/aromatic N) is 2. The Labute approximate surface area is 129 Å². The number of aryl methyl sites for hydroxylation is 2. The standard InChI is InChI=1S/C16H21N3OS/c1-4-9-19(10-13-7-5-6-8-14(13)17)16(20)15-11(2)18-12(3)21-15/h5-8H,4,9-10,17H2,1-3H3. The molecule has 0 aliphatic heterocycles. The second-order valence-corrected chi connectivity index (χ2v) is 6.28. The van der Waals surface area contributed by atoms with E-state index in [1.54, 1.807) is 0 Å². The highest BCUT2D eigenvalue weighted by molar-refractivity contribution is 7.13. The van der Waals surface area contributed by atoms with Crippen molar-refractivity contribution in [2.24, 2.45) is 0 Å². The zero-order valence-corrected chi connectivity index (χ0v) is 13.5. The maximum absolute atomic E-state index is 12.7. The first-order valence-corrected chi connectivity index (χ1v) is 7.91. The van der Waals surface area contributed by atoms with Gasteiger partial charge in [-0.3, -0.25) is 4.79 Å². The van der Waals surface area contributed by atoms with Gasteiger partial charge in [-0.25, -0.2) is 4.98 Å². The number of benzene rings is 1. The van der Waals surface area contributed by atoms with Crippen molar-refractivity contribution in [3.63, 3.8) is 0 Å². The van der Waals surface area contributed by atoms with Crippen LogP contribution in [-0.2, 0) is 6.54 Å². The third-order valence-electron chi connectivity index (χ3n) is 3.29. The van der Waals surface area contributed by atoms with Crippen LogP contribution in [0.25, 0.3) is 0 Å². The van der Waals surface area contributed by atoms with E-state index in [-0.39, 0.29) is 5.91 Å². The van der Waals surface area contributed by atoms with Crippen LogP contribution in [0.1, 0.15) is 39.3 Å². The van der Waals surface area contributed by atoms with Gasteiger partial charge in [-0.15, -0.1) is 11.3 Å². The molecule has 1 aromatic heterocycles. The van der Waals surface area contributed by atoms with Crippen LogP contribution in [0.5, 0.6) is 0 Å². The molecule has 0 radical (unpaired) electrons. The summed E-state index contributed by atoms with van der Waals surface area (Å²) in [6.07, 6.45) is 0.912. The summed E-state index contributed by atoms with van der Waals surface area (Å²) >= 11 is 1.46. The van der Waals surface area contributed by atoms with E-state index in [4.69, 9.17) is 5.73 Å². The van der Waals surface area contributed by atoms with Crippen molar-refractivity contribution >= 4 is 22.9 Å². The second-order valence-electron chi connectivity index (χ2n) is 5.07. The van der Waals surface area contributed by atoms with Gasteiger partial charge in [-0.1, -0.05) is 25.1 Å². The fourth-order valence-corrected chi connectivity index (χ4v) is 3.17. The minimum atomic E-state index is 0.0446. The van der Waals surface area contributed by atoms with E-state index in [1.807, 2.05) is 43.0 Å². The van der Waals surface area contributed by atoms with Gasteiger partial charge in [0.2, 0.25) is 0 Å². The van der Waals surface area contributed by atoms with Crippen LogP contribution in [-0.4, -0.2) is 22.3 Å². The molecule has 1 aromatic carbocycles. The number of thiazole rings is 1. The molecule has 21 heavy (non-hydrogen) atoms. The van der Waals surface area contributed by atoms with Crippen molar-refractivity contribution in [2.75, 3.05) is 12.3 Å². The van der Waals surface area contributed by atoms with E-state index < -0.39 is 0 Å². The maximum Gasteiger partial charge on any atom is 0.266 e. The average molecular weight is 303 g/mol. The molecule has 0 bridgehead atoms. The van der Waals surface area contributed by atoms with Crippen LogP contribution in [0.4, 0.5) is 5.69 Å². The lowest BCUT2D eigenvalue weighted by Gasteiger charge is -2.22. The predicted octanol–water partition coefficient (Wildman–Crippen LogP) is 3.39. The minimum absolute atomic E-state index is 0.0446. The highest BCUT2D eigenvalue weighted by Gasteiger charge is 2.21. The number of carbonyl (C=O) groups excluding carboxylic acids is 1. The zero-order chi connectivity index (χ0) is 15.4. The number of rotatable bonds is 5. The Morgan fingerprint density at radius 2 is 2.05 bits per heavy atom. The molecule has 0 aliphatic carbocycles. The molecule has 0 atom stereocenters. The van der Waals surface area contributed by atoms with Crippen LogP contribution in [0.15, 0.2) is 24.3 Å². The fourth-order valence-electron chi connectivity index (χ4n) is 2.28. The molecule has 0 fully saturated rings. The molecular weight excluding hydrogens is 282 g/mol. The Morgan fingerprint density at radius 3 is 2.62 bits per heavy atom. The lowest BCUT2D eigenvalue weighted by molar-refractivity contribution is 0.0747. The number of aromatic nitrogens is 1. The number of anilines is 1. The van der Waals surface area contributed by atoms with E-state index >= 15 is 0 Å². The van der Waals surface area contributed by atoms with Gasteiger partial charge in [0.25, 0.3) is 5.91 Å². The van der Waals surface area contributed by atoms with Crippen LogP contribution < -0.4 is 5.73 Å². The molecule has 0 saturated carbocycles. The Morgan fingerprint density at radius 1 is 1.33 bits per heavy atom. The topological polar surface area (TPSA) is 59.2 Å². The number of para-hydroxylation sites is 1. The summed E-state index contributed by atoms with van der Waals surface area (Å²) in [4.78, 5) is 19.7. The van der Waals surface area contributed by atoms with E-state index in [0.29, 0.717) is 13.1 Å². The van der Waals surface area contributed by atoms with Crippen LogP contribution in [0, 0.1) is 13.8 Å². The average Bonchev–Trinajstić information content (AvgIpc) is 2.79. The molecule has 5 heteroatoms. The largest absolute Gasteiger partial charge is 0.398 e. The zero-order valence-electron chi connectivity index (χ0n) is 12.7. The molecule has 0 spiro atoms. The molecule has 2 rings (SSSR count). The number of hydrogen-bond acceptors (Lipinski definition) is 4. The number of nitrogen functional groups attached to an aromatic ring is 1. The molecular formula is C16H21N3OS. The summed E-state index contributed by atoms with van der Waals surface area (Å²) in [6, 6.07) is 7.69. The van der Waals surface area contributed by atoms with Crippen LogP contribution >= 0.6 is 11.3 Å². The quantitative estimate of drug-likeness (QED) is 0.861. The van der Waals surface area contributed by atoms with Crippen molar-refractivity contribution in [1.29, 1.82) is 0 Å². The molecule has 1 amide bonds. The number of amides is 1. The molecule has 0 unspecified atom stereocenters. The van der Waals surface area contributed by atoms with Gasteiger partial charge < -0.3 is 10.6 Å². The van der Waals surface area contributed by atoms with E-state index in [1.165, 1.54) is 11.3 Å². The van der Waals surface area contributed by atoms with E-state index in [9.17, 15) is 4.79 Å². The normalized spacial score (nSPS) is 10.6. The number of hydrogen-bond donors (Lipinski definition) is 1. The van der Waals surface area contributed by atoms with Crippen molar-refractivity contribution in [3.8, 4) is 0 Å². The minimum Gasteiger partial charge on any atom is -0.398 e. The monoisotopic (exact) mass is 303 g/mol. The Kier molecular flexibility index (Phi) is 4.96. The predicted molar refractivity (Wildman–Crippen MR) is 87.5 cm³/mol. The number of carbonyl (C=O) groups is 1. The lowest BCUT2D eigenvalue weighted by atomic mass is 10.1. The first kappa shape index (κ1) is 15.5. The van der Waals surface area contributed by atoms with E-state index in [0.717, 1.165) is 33.3 Å². The first-order chi connectivity index (χ1) is 10.0. The van der Waals surface area contributed by atoms with Crippen molar-refractivity contribution in [1.82, 2.24) is 9.88 Å². The third-order valence-corrected chi connectivity index (χ3v) is 4.36. The molecule has 0 saturated heterocycles. The summed E-state index contributed by atoms with van der Waals surface area (Å²) in [5.41, 5.74) is 8.51. The molecule has 2 N–H and O–H groups in total. The molecule has 4 nitrogen and oxygen atoms in total. The molecule has 112 valence electrons. The Balaban J connectivity index is 2.24. The first-order valence-electron chi connectivity index (χ1n) is 7.09. The van der Waals surface area contributed by atoms with Gasteiger partial charge in [-0.05, 0) is 31.9 Å². The van der Waals surface area contributed by atoms with Gasteiger partial charge in [0.05, 0.1) is 10.7 Å². The summed E-state index contributed by atoms with van der Waals surface area (Å²) in [7, 11) is 0. The molecule has 0 aliphatic rings. The van der Waals surface area contributed by atoms with Crippen molar-refractivity contribution < 1.29 is 4.79 Å². The van der Waals surface area contributed by atoms with Gasteiger partial charge in [0.15, 0.2) is 0 Å². The summed E-state index contributed by atoms with van der Waals surface area (Å²) in [5, 5.41) is 0.923. The lowest BCUT2D eigenvalue weighted by Crippen LogP contribution is -2.31. The summed E-state index contributed by atoms with van der Waals surface area (Å²) in [6.45, 7) is 7.13. The van der Waals surface area contributed by atoms with Crippen molar-refractivity contribution in [2.45, 2.75) is 33.7 Å². The Hall–Kier alpha value is -1.88. The summed E-state index contributed by atoms with van der Waals surface area (Å²) in [5.74, 6) is 0.0446. The molecule has 1 heterocycles. The number of nitrogens with two attached hydrogens (primary N) is 1. The fraction of sp³-hybridized carbons (Fsp3) is 0.375. The van der Waals surface area contributed by atoms with Gasteiger partial charge in [0, 0.05) is 18.8 Å². The second kappa shape index (κ2) is 6.72. The molecule has 2 aromatic rings. The van der Waals surface area contributed by atoms with Crippen LogP contribution in [0.3, 0.4) is 0 Å². The van der Waals surface area contributed by atoms with E-state index in [2.05, 4.69) is 11.9 Å². The highest BCUT2D eigenvalue weighted by Crippen LogP contribution is 2.21. The smallest absolute Gasteiger partial charge is 0.266 e. The van der Waals surface area contributed by atoms with Crippen molar-refractivity contribution in [3.05, 3.63) is 45.4 Å².